The zero-order valence-electron chi connectivity index (χ0n) is 14.3. The molecule has 0 spiro atoms. The molecule has 2 amide bonds. The van der Waals surface area contributed by atoms with Crippen LogP contribution in [0.3, 0.4) is 0 Å². The van der Waals surface area contributed by atoms with Gasteiger partial charge in [0.2, 0.25) is 5.91 Å². The van der Waals surface area contributed by atoms with Crippen LogP contribution in [0.1, 0.15) is 42.6 Å². The number of hydrogen-bond acceptors (Lipinski definition) is 3. The number of fused-ring (bicyclic) bond motifs is 1. The molecule has 1 saturated heterocycles. The second kappa shape index (κ2) is 6.14. The van der Waals surface area contributed by atoms with Gasteiger partial charge in [0.05, 0.1) is 5.41 Å². The van der Waals surface area contributed by atoms with Crippen molar-refractivity contribution < 1.29 is 9.59 Å². The van der Waals surface area contributed by atoms with E-state index in [0.717, 1.165) is 30.0 Å². The van der Waals surface area contributed by atoms with Crippen LogP contribution in [0.4, 0.5) is 0 Å². The van der Waals surface area contributed by atoms with Crippen molar-refractivity contribution in [2.24, 2.45) is 17.1 Å². The largest absolute Gasteiger partial charge is 0.369 e. The van der Waals surface area contributed by atoms with Crippen molar-refractivity contribution in [1.82, 2.24) is 9.88 Å². The molecule has 2 heterocycles. The lowest BCUT2D eigenvalue weighted by Crippen LogP contribution is -2.52. The summed E-state index contributed by atoms with van der Waals surface area (Å²) in [7, 11) is 0. The minimum absolute atomic E-state index is 0.0991. The van der Waals surface area contributed by atoms with Crippen molar-refractivity contribution in [3.8, 4) is 0 Å². The summed E-state index contributed by atoms with van der Waals surface area (Å²) >= 11 is 0. The third-order valence-corrected chi connectivity index (χ3v) is 5.64. The van der Waals surface area contributed by atoms with Crippen LogP contribution in [0.15, 0.2) is 36.5 Å². The molecule has 0 radical (unpaired) electrons. The third kappa shape index (κ3) is 2.99. The number of nitrogens with zero attached hydrogens (tertiary/aromatic N) is 2. The van der Waals surface area contributed by atoms with Gasteiger partial charge < -0.3 is 10.6 Å². The van der Waals surface area contributed by atoms with Crippen LogP contribution < -0.4 is 5.73 Å². The van der Waals surface area contributed by atoms with Crippen molar-refractivity contribution in [2.45, 2.75) is 32.1 Å². The first-order chi connectivity index (χ1) is 12.1. The van der Waals surface area contributed by atoms with Crippen LogP contribution in [-0.2, 0) is 4.79 Å². The van der Waals surface area contributed by atoms with E-state index in [-0.39, 0.29) is 11.8 Å². The van der Waals surface area contributed by atoms with Crippen molar-refractivity contribution in [1.29, 1.82) is 0 Å². The van der Waals surface area contributed by atoms with E-state index in [9.17, 15) is 9.59 Å². The molecule has 2 N–H and O–H groups in total. The molecule has 1 aromatic carbocycles. The first kappa shape index (κ1) is 16.1. The summed E-state index contributed by atoms with van der Waals surface area (Å²) in [6, 6.07) is 9.67. The van der Waals surface area contributed by atoms with Crippen LogP contribution >= 0.6 is 0 Å². The first-order valence-corrected chi connectivity index (χ1v) is 9.02. The number of carbonyl (C=O) groups is 2. The zero-order valence-corrected chi connectivity index (χ0v) is 14.3. The van der Waals surface area contributed by atoms with Gasteiger partial charge in [-0.1, -0.05) is 37.1 Å². The van der Waals surface area contributed by atoms with Gasteiger partial charge in [-0.15, -0.1) is 0 Å². The Morgan fingerprint density at radius 3 is 2.80 bits per heavy atom. The Balaban J connectivity index is 1.64. The van der Waals surface area contributed by atoms with E-state index in [1.54, 1.807) is 11.1 Å². The predicted molar refractivity (Wildman–Crippen MR) is 95.8 cm³/mol. The minimum Gasteiger partial charge on any atom is -0.369 e. The van der Waals surface area contributed by atoms with Gasteiger partial charge in [0, 0.05) is 24.7 Å². The number of rotatable bonds is 4. The fraction of sp³-hybridized carbons (Fsp3) is 0.450. The molecule has 2 fully saturated rings. The summed E-state index contributed by atoms with van der Waals surface area (Å²) in [5.41, 5.74) is 5.67. The summed E-state index contributed by atoms with van der Waals surface area (Å²) in [6.45, 7) is 1.08. The lowest BCUT2D eigenvalue weighted by Gasteiger charge is -2.41. The Hall–Kier alpha value is -2.43. The fourth-order valence-corrected chi connectivity index (χ4v) is 4.09. The van der Waals surface area contributed by atoms with Gasteiger partial charge in [0.1, 0.15) is 5.69 Å². The number of aromatic nitrogens is 1. The average Bonchev–Trinajstić information content (AvgIpc) is 3.44. The summed E-state index contributed by atoms with van der Waals surface area (Å²) in [5.74, 6) is 0.235. The second-order valence-electron chi connectivity index (χ2n) is 7.50. The number of nitrogens with two attached hydrogens (primary N) is 1. The highest BCUT2D eigenvalue weighted by Crippen LogP contribution is 2.44. The highest BCUT2D eigenvalue weighted by atomic mass is 16.2. The standard InChI is InChI=1S/C20H23N3O2/c21-19(25)20(12-14-6-7-14)9-3-11-23(13-20)18(24)17-16-5-2-1-4-15(16)8-10-22-17/h1-2,4-5,8,10,14H,3,6-7,9,11-13H2,(H2,21,25). The lowest BCUT2D eigenvalue weighted by atomic mass is 9.75. The number of amides is 2. The molecule has 1 aliphatic heterocycles. The highest BCUT2D eigenvalue weighted by molar-refractivity contribution is 6.05. The maximum absolute atomic E-state index is 13.1. The van der Waals surface area contributed by atoms with E-state index in [1.807, 2.05) is 30.3 Å². The Kier molecular flexibility index (Phi) is 3.94. The normalized spacial score (nSPS) is 23.6. The Morgan fingerprint density at radius 2 is 2.04 bits per heavy atom. The molecule has 1 unspecified atom stereocenters. The van der Waals surface area contributed by atoms with Crippen LogP contribution in [0.5, 0.6) is 0 Å². The molecule has 4 rings (SSSR count). The Morgan fingerprint density at radius 1 is 1.24 bits per heavy atom. The van der Waals surface area contributed by atoms with Crippen LogP contribution in [0.2, 0.25) is 0 Å². The molecule has 2 aliphatic rings. The SMILES string of the molecule is NC(=O)C1(CC2CC2)CCCN(C(=O)c2nccc3ccccc23)C1. The van der Waals surface area contributed by atoms with Gasteiger partial charge >= 0.3 is 0 Å². The topological polar surface area (TPSA) is 76.3 Å². The number of carbonyl (C=O) groups excluding carboxylic acids is 2. The predicted octanol–water partition coefficient (Wildman–Crippen LogP) is 2.74. The van der Waals surface area contributed by atoms with E-state index in [1.165, 1.54) is 12.8 Å². The van der Waals surface area contributed by atoms with Crippen LogP contribution in [0, 0.1) is 11.3 Å². The molecule has 5 heteroatoms. The zero-order chi connectivity index (χ0) is 17.4. The number of hydrogen-bond donors (Lipinski definition) is 1. The van der Waals surface area contributed by atoms with Crippen molar-refractivity contribution in [3.05, 3.63) is 42.2 Å². The number of benzene rings is 1. The van der Waals surface area contributed by atoms with Gasteiger partial charge in [-0.2, -0.15) is 0 Å². The summed E-state index contributed by atoms with van der Waals surface area (Å²) < 4.78 is 0. The third-order valence-electron chi connectivity index (χ3n) is 5.64. The Bertz CT molecular complexity index is 825. The molecular formula is C20H23N3O2. The number of primary amides is 1. The van der Waals surface area contributed by atoms with Gasteiger partial charge in [-0.25, -0.2) is 0 Å². The van der Waals surface area contributed by atoms with Crippen LogP contribution in [-0.4, -0.2) is 34.8 Å². The van der Waals surface area contributed by atoms with E-state index >= 15 is 0 Å². The van der Waals surface area contributed by atoms with Crippen molar-refractivity contribution in [2.75, 3.05) is 13.1 Å². The van der Waals surface area contributed by atoms with Crippen molar-refractivity contribution >= 4 is 22.6 Å². The van der Waals surface area contributed by atoms with Gasteiger partial charge in [0.15, 0.2) is 0 Å². The van der Waals surface area contributed by atoms with Gasteiger partial charge in [-0.05, 0) is 36.6 Å². The molecule has 1 aliphatic carbocycles. The van der Waals surface area contributed by atoms with E-state index < -0.39 is 5.41 Å². The number of pyridine rings is 1. The summed E-state index contributed by atoms with van der Waals surface area (Å²) in [5, 5.41) is 1.85. The quantitative estimate of drug-likeness (QED) is 0.932. The molecule has 1 saturated carbocycles. The first-order valence-electron chi connectivity index (χ1n) is 9.02. The highest BCUT2D eigenvalue weighted by Gasteiger charge is 2.45. The molecular weight excluding hydrogens is 314 g/mol. The minimum atomic E-state index is -0.570. The average molecular weight is 337 g/mol. The molecule has 1 atom stereocenters. The monoisotopic (exact) mass is 337 g/mol. The molecule has 1 aromatic heterocycles. The van der Waals surface area contributed by atoms with Crippen LogP contribution in [0.25, 0.3) is 10.8 Å². The molecule has 25 heavy (non-hydrogen) atoms. The smallest absolute Gasteiger partial charge is 0.273 e. The molecule has 5 nitrogen and oxygen atoms in total. The number of piperidine rings is 1. The summed E-state index contributed by atoms with van der Waals surface area (Å²) in [4.78, 5) is 31.5. The van der Waals surface area contributed by atoms with Gasteiger partial charge in [0.25, 0.3) is 5.91 Å². The fourth-order valence-electron chi connectivity index (χ4n) is 4.09. The van der Waals surface area contributed by atoms with E-state index in [2.05, 4.69) is 4.98 Å². The Labute approximate surface area is 147 Å². The lowest BCUT2D eigenvalue weighted by molar-refractivity contribution is -0.131. The maximum atomic E-state index is 13.1. The van der Waals surface area contributed by atoms with E-state index in [4.69, 9.17) is 5.73 Å². The number of likely N-dealkylation sites (tertiary alicyclic amines) is 1. The maximum Gasteiger partial charge on any atom is 0.273 e. The molecule has 2 aromatic rings. The van der Waals surface area contributed by atoms with Gasteiger partial charge in [-0.3, -0.25) is 14.6 Å². The second-order valence-corrected chi connectivity index (χ2v) is 7.50. The molecule has 0 bridgehead atoms. The molecule has 130 valence electrons. The van der Waals surface area contributed by atoms with Crippen molar-refractivity contribution in [3.63, 3.8) is 0 Å². The van der Waals surface area contributed by atoms with E-state index in [0.29, 0.717) is 24.7 Å². The summed E-state index contributed by atoms with van der Waals surface area (Å²) in [6.07, 6.45) is 6.43.